The Morgan fingerprint density at radius 2 is 1.86 bits per heavy atom. The van der Waals surface area contributed by atoms with Crippen LogP contribution in [0, 0.1) is 5.82 Å². The van der Waals surface area contributed by atoms with E-state index < -0.39 is 21.4 Å². The Bertz CT molecular complexity index is 751. The zero-order valence-corrected chi connectivity index (χ0v) is 13.2. The van der Waals surface area contributed by atoms with Crippen LogP contribution >= 0.6 is 11.6 Å². The van der Waals surface area contributed by atoms with Crippen molar-refractivity contribution in [3.8, 4) is 5.75 Å². The first kappa shape index (κ1) is 16.6. The van der Waals surface area contributed by atoms with Crippen LogP contribution in [-0.4, -0.2) is 20.9 Å². The highest BCUT2D eigenvalue weighted by Crippen LogP contribution is 2.30. The van der Waals surface area contributed by atoms with Gasteiger partial charge in [-0.1, -0.05) is 18.2 Å². The Morgan fingerprint density at radius 3 is 2.50 bits per heavy atom. The van der Waals surface area contributed by atoms with E-state index in [4.69, 9.17) is 22.1 Å². The van der Waals surface area contributed by atoms with Gasteiger partial charge >= 0.3 is 0 Å². The zero-order valence-electron chi connectivity index (χ0n) is 11.6. The average molecular weight is 344 g/mol. The molecule has 2 aromatic carbocycles. The molecule has 22 heavy (non-hydrogen) atoms. The van der Waals surface area contributed by atoms with Crippen LogP contribution in [0.5, 0.6) is 5.75 Å². The summed E-state index contributed by atoms with van der Waals surface area (Å²) in [6, 6.07) is 10.1. The third-order valence-corrected chi connectivity index (χ3v) is 4.81. The van der Waals surface area contributed by atoms with E-state index in [0.717, 1.165) is 12.1 Å². The molecule has 0 spiro atoms. The molecule has 4 nitrogen and oxygen atoms in total. The summed E-state index contributed by atoms with van der Waals surface area (Å²) in [5, 5.41) is 0. The summed E-state index contributed by atoms with van der Waals surface area (Å²) in [4.78, 5) is 0.155. The van der Waals surface area contributed by atoms with Gasteiger partial charge in [-0.05, 0) is 23.8 Å². The molecule has 0 aliphatic heterocycles. The third kappa shape index (κ3) is 3.90. The Balaban J connectivity index is 2.35. The molecule has 2 rings (SSSR count). The van der Waals surface area contributed by atoms with Gasteiger partial charge in [0.15, 0.2) is 9.84 Å². The maximum atomic E-state index is 13.6. The van der Waals surface area contributed by atoms with Gasteiger partial charge in [0.05, 0.1) is 22.2 Å². The summed E-state index contributed by atoms with van der Waals surface area (Å²) in [6.45, 7) is 0.153. The molecule has 0 amide bonds. The fourth-order valence-electron chi connectivity index (χ4n) is 1.95. The van der Waals surface area contributed by atoms with Gasteiger partial charge < -0.3 is 10.5 Å². The molecular weight excluding hydrogens is 329 g/mol. The number of sulfone groups is 1. The first-order chi connectivity index (χ1) is 10.4. The number of benzene rings is 2. The minimum Gasteiger partial charge on any atom is -0.490 e. The highest BCUT2D eigenvalue weighted by Gasteiger charge is 2.19. The minimum absolute atomic E-state index is 0.0962. The van der Waals surface area contributed by atoms with Gasteiger partial charge in [-0.3, -0.25) is 0 Å². The number of anilines is 1. The molecule has 0 aliphatic carbocycles. The second kappa shape index (κ2) is 6.98. The summed E-state index contributed by atoms with van der Waals surface area (Å²) >= 11 is 5.51. The van der Waals surface area contributed by atoms with Gasteiger partial charge in [-0.15, -0.1) is 11.6 Å². The maximum absolute atomic E-state index is 13.6. The summed E-state index contributed by atoms with van der Waals surface area (Å²) in [7, 11) is -3.62. The number of hydrogen-bond donors (Lipinski definition) is 1. The van der Waals surface area contributed by atoms with Crippen molar-refractivity contribution in [3.05, 3.63) is 53.8 Å². The van der Waals surface area contributed by atoms with E-state index >= 15 is 0 Å². The van der Waals surface area contributed by atoms with Gasteiger partial charge in [-0.2, -0.15) is 0 Å². The van der Waals surface area contributed by atoms with E-state index in [1.165, 1.54) is 12.1 Å². The Kier molecular flexibility index (Phi) is 5.26. The molecule has 0 aliphatic rings. The molecule has 0 unspecified atom stereocenters. The highest BCUT2D eigenvalue weighted by molar-refractivity contribution is 7.90. The fourth-order valence-corrected chi connectivity index (χ4v) is 3.41. The molecular formula is C15H15ClFNO3S. The summed E-state index contributed by atoms with van der Waals surface area (Å²) in [5.41, 5.74) is 6.14. The van der Waals surface area contributed by atoms with Gasteiger partial charge in [0, 0.05) is 6.07 Å². The zero-order chi connectivity index (χ0) is 16.2. The van der Waals surface area contributed by atoms with Crippen molar-refractivity contribution >= 4 is 27.1 Å². The van der Waals surface area contributed by atoms with Crippen LogP contribution in [0.3, 0.4) is 0 Å². The largest absolute Gasteiger partial charge is 0.490 e. The lowest BCUT2D eigenvalue weighted by molar-refractivity contribution is 0.342. The molecule has 0 radical (unpaired) electrons. The van der Waals surface area contributed by atoms with Crippen LogP contribution in [0.15, 0.2) is 47.4 Å². The van der Waals surface area contributed by atoms with Crippen molar-refractivity contribution in [1.82, 2.24) is 0 Å². The second-order valence-corrected chi connectivity index (χ2v) is 6.95. The summed E-state index contributed by atoms with van der Waals surface area (Å²) in [5.74, 6) is -0.707. The summed E-state index contributed by atoms with van der Waals surface area (Å²) < 4.78 is 43.6. The number of nitrogens with two attached hydrogens (primary N) is 1. The van der Waals surface area contributed by atoms with Crippen molar-refractivity contribution < 1.29 is 17.5 Å². The quantitative estimate of drug-likeness (QED) is 0.646. The molecule has 0 heterocycles. The van der Waals surface area contributed by atoms with E-state index in [1.54, 1.807) is 18.2 Å². The molecule has 2 aromatic rings. The van der Waals surface area contributed by atoms with Crippen molar-refractivity contribution in [2.75, 3.05) is 18.2 Å². The van der Waals surface area contributed by atoms with Crippen LogP contribution in [0.25, 0.3) is 0 Å². The van der Waals surface area contributed by atoms with Crippen molar-refractivity contribution in [2.24, 2.45) is 0 Å². The standard InChI is InChI=1S/C15H15ClFNO3S/c16-6-7-21-14-9-12(17)8-11(15(14)18)10-22(19,20)13-4-2-1-3-5-13/h1-5,8-9H,6-7,10,18H2. The molecule has 0 saturated carbocycles. The lowest BCUT2D eigenvalue weighted by Crippen LogP contribution is -2.09. The minimum atomic E-state index is -3.62. The molecule has 7 heteroatoms. The molecule has 118 valence electrons. The van der Waals surface area contributed by atoms with Crippen molar-refractivity contribution in [3.63, 3.8) is 0 Å². The van der Waals surface area contributed by atoms with E-state index in [1.807, 2.05) is 0 Å². The van der Waals surface area contributed by atoms with Crippen molar-refractivity contribution in [1.29, 1.82) is 0 Å². The first-order valence-electron chi connectivity index (χ1n) is 6.48. The molecule has 0 aromatic heterocycles. The number of ether oxygens (including phenoxy) is 1. The molecule has 2 N–H and O–H groups in total. The van der Waals surface area contributed by atoms with Crippen molar-refractivity contribution in [2.45, 2.75) is 10.6 Å². The molecule has 0 saturated heterocycles. The lowest BCUT2D eigenvalue weighted by atomic mass is 10.2. The molecule has 0 fully saturated rings. The number of halogens is 2. The van der Waals surface area contributed by atoms with E-state index in [-0.39, 0.29) is 34.4 Å². The fraction of sp³-hybridized carbons (Fsp3) is 0.200. The Hall–Kier alpha value is -1.79. The second-order valence-electron chi connectivity index (χ2n) is 4.59. The Labute approximate surface area is 133 Å². The average Bonchev–Trinajstić information content (AvgIpc) is 2.49. The lowest BCUT2D eigenvalue weighted by Gasteiger charge is -2.12. The maximum Gasteiger partial charge on any atom is 0.182 e. The molecule has 0 bridgehead atoms. The van der Waals surface area contributed by atoms with E-state index in [2.05, 4.69) is 0 Å². The number of rotatable bonds is 6. The van der Waals surface area contributed by atoms with Gasteiger partial charge in [0.2, 0.25) is 0 Å². The van der Waals surface area contributed by atoms with Gasteiger partial charge in [-0.25, -0.2) is 12.8 Å². The first-order valence-corrected chi connectivity index (χ1v) is 8.67. The van der Waals surface area contributed by atoms with Gasteiger partial charge in [0.25, 0.3) is 0 Å². The highest BCUT2D eigenvalue weighted by atomic mass is 35.5. The third-order valence-electron chi connectivity index (χ3n) is 2.98. The van der Waals surface area contributed by atoms with Crippen LogP contribution in [-0.2, 0) is 15.6 Å². The Morgan fingerprint density at radius 1 is 1.18 bits per heavy atom. The predicted octanol–water partition coefficient (Wildman–Crippen LogP) is 3.00. The smallest absolute Gasteiger partial charge is 0.182 e. The number of nitrogen functional groups attached to an aromatic ring is 1. The van der Waals surface area contributed by atoms with E-state index in [9.17, 15) is 12.8 Å². The van der Waals surface area contributed by atoms with Crippen LogP contribution in [0.2, 0.25) is 0 Å². The SMILES string of the molecule is Nc1c(CS(=O)(=O)c2ccccc2)cc(F)cc1OCCCl. The number of hydrogen-bond acceptors (Lipinski definition) is 4. The van der Waals surface area contributed by atoms with Crippen LogP contribution in [0.1, 0.15) is 5.56 Å². The van der Waals surface area contributed by atoms with Crippen LogP contribution < -0.4 is 10.5 Å². The molecule has 0 atom stereocenters. The van der Waals surface area contributed by atoms with Gasteiger partial charge in [0.1, 0.15) is 18.2 Å². The number of alkyl halides is 1. The predicted molar refractivity (Wildman–Crippen MR) is 84.4 cm³/mol. The van der Waals surface area contributed by atoms with Crippen LogP contribution in [0.4, 0.5) is 10.1 Å². The monoisotopic (exact) mass is 343 g/mol. The summed E-state index contributed by atoms with van der Waals surface area (Å²) in [6.07, 6.45) is 0. The van der Waals surface area contributed by atoms with E-state index in [0.29, 0.717) is 0 Å². The normalized spacial score (nSPS) is 11.4. The topological polar surface area (TPSA) is 69.4 Å².